The number of ketones is 2. The molecule has 0 atom stereocenters. The Morgan fingerprint density at radius 1 is 0.318 bits per heavy atom. The van der Waals surface area contributed by atoms with Crippen LogP contribution in [0.2, 0.25) is 0 Å². The molecule has 0 radical (unpaired) electrons. The number of benzene rings is 6. The quantitative estimate of drug-likeness (QED) is 0.0991. The van der Waals surface area contributed by atoms with Gasteiger partial charge in [-0.25, -0.2) is 0 Å². The number of carbonyl (C=O) groups is 2. The molecule has 0 aliphatic carbocycles. The van der Waals surface area contributed by atoms with Crippen molar-refractivity contribution in [1.82, 2.24) is 0 Å². The van der Waals surface area contributed by atoms with Crippen LogP contribution in [0.5, 0.6) is 0 Å². The van der Waals surface area contributed by atoms with Gasteiger partial charge in [-0.2, -0.15) is 0 Å². The van der Waals surface area contributed by atoms with E-state index in [0.29, 0.717) is 22.3 Å². The fourth-order valence-corrected chi connectivity index (χ4v) is 5.16. The number of Topliss-reactive ketones (excluding diaryl/α,β-unsaturated/α-hetero) is 2. The minimum absolute atomic E-state index is 0.00913. The molecule has 44 heavy (non-hydrogen) atoms. The van der Waals surface area contributed by atoms with Crippen molar-refractivity contribution in [2.75, 3.05) is 0 Å². The normalized spacial score (nSPS) is 11.6. The van der Waals surface area contributed by atoms with Crippen molar-refractivity contribution >= 4 is 34.9 Å². The molecule has 0 N–H and O–H groups in total. The SMILES string of the molecule is O=C(C(=Cc1ccc(-c2ccc(C=C(C(=O)c3ccccc3)c3ccccc3)cc2)cc1)c1ccccc1)c1ccccc1. The van der Waals surface area contributed by atoms with Crippen molar-refractivity contribution < 1.29 is 9.59 Å². The third-order valence-corrected chi connectivity index (χ3v) is 7.51. The highest BCUT2D eigenvalue weighted by molar-refractivity contribution is 6.33. The Kier molecular flexibility index (Phi) is 8.62. The van der Waals surface area contributed by atoms with Gasteiger partial charge in [0, 0.05) is 22.3 Å². The molecule has 0 amide bonds. The molecule has 2 nitrogen and oxygen atoms in total. The molecule has 0 aliphatic heterocycles. The molecule has 6 aromatic rings. The van der Waals surface area contributed by atoms with E-state index in [9.17, 15) is 9.59 Å². The van der Waals surface area contributed by atoms with E-state index in [0.717, 1.165) is 33.4 Å². The zero-order valence-electron chi connectivity index (χ0n) is 24.1. The first-order chi connectivity index (χ1) is 21.7. The predicted molar refractivity (Wildman–Crippen MR) is 182 cm³/mol. The first-order valence-corrected chi connectivity index (χ1v) is 14.6. The van der Waals surface area contributed by atoms with E-state index in [1.807, 2.05) is 158 Å². The van der Waals surface area contributed by atoms with E-state index in [1.54, 1.807) is 0 Å². The second kappa shape index (κ2) is 13.4. The Hall–Kier alpha value is -5.86. The lowest BCUT2D eigenvalue weighted by Gasteiger charge is -2.09. The first kappa shape index (κ1) is 28.3. The molecular weight excluding hydrogens is 536 g/mol. The van der Waals surface area contributed by atoms with E-state index in [-0.39, 0.29) is 11.6 Å². The highest BCUT2D eigenvalue weighted by atomic mass is 16.1. The molecule has 6 rings (SSSR count). The van der Waals surface area contributed by atoms with Crippen LogP contribution in [-0.4, -0.2) is 11.6 Å². The van der Waals surface area contributed by atoms with Crippen molar-refractivity contribution in [2.45, 2.75) is 0 Å². The molecule has 0 unspecified atom stereocenters. The number of carbonyl (C=O) groups excluding carboxylic acids is 2. The van der Waals surface area contributed by atoms with Gasteiger partial charge in [0.15, 0.2) is 11.6 Å². The number of hydrogen-bond acceptors (Lipinski definition) is 2. The summed E-state index contributed by atoms with van der Waals surface area (Å²) in [6.07, 6.45) is 3.91. The first-order valence-electron chi connectivity index (χ1n) is 14.6. The minimum Gasteiger partial charge on any atom is -0.289 e. The van der Waals surface area contributed by atoms with Crippen LogP contribution < -0.4 is 0 Å². The van der Waals surface area contributed by atoms with Crippen LogP contribution in [0, 0.1) is 0 Å². The monoisotopic (exact) mass is 566 g/mol. The molecule has 0 saturated carbocycles. The smallest absolute Gasteiger partial charge is 0.193 e. The fourth-order valence-electron chi connectivity index (χ4n) is 5.16. The Morgan fingerprint density at radius 3 is 0.886 bits per heavy atom. The molecule has 210 valence electrons. The summed E-state index contributed by atoms with van der Waals surface area (Å²) in [5.74, 6) is -0.0183. The lowest BCUT2D eigenvalue weighted by Crippen LogP contribution is -2.02. The molecule has 0 bridgehead atoms. The maximum atomic E-state index is 13.5. The van der Waals surface area contributed by atoms with Crippen molar-refractivity contribution in [3.8, 4) is 11.1 Å². The Labute approximate surface area is 258 Å². The highest BCUT2D eigenvalue weighted by Gasteiger charge is 2.15. The molecular formula is C42H30O2. The molecule has 0 aliphatic rings. The maximum Gasteiger partial charge on any atom is 0.193 e. The van der Waals surface area contributed by atoms with E-state index in [4.69, 9.17) is 0 Å². The number of rotatable bonds is 9. The Morgan fingerprint density at radius 2 is 0.591 bits per heavy atom. The van der Waals surface area contributed by atoms with E-state index in [2.05, 4.69) is 24.3 Å². The van der Waals surface area contributed by atoms with E-state index >= 15 is 0 Å². The summed E-state index contributed by atoms with van der Waals surface area (Å²) in [6.45, 7) is 0. The van der Waals surface area contributed by atoms with Gasteiger partial charge in [-0.1, -0.05) is 170 Å². The molecule has 0 fully saturated rings. The molecule has 0 spiro atoms. The van der Waals surface area contributed by atoms with E-state index < -0.39 is 0 Å². The van der Waals surface area contributed by atoms with Gasteiger partial charge in [-0.05, 0) is 45.5 Å². The third kappa shape index (κ3) is 6.61. The standard InChI is InChI=1S/C42H30O2/c43-41(37-17-9-3-10-18-37)39(35-13-5-1-6-14-35)29-31-21-25-33(26-22-31)34-27-23-32(24-28-34)30-40(36-15-7-2-8-16-36)42(44)38-19-11-4-12-20-38/h1-30H. The lowest BCUT2D eigenvalue weighted by molar-refractivity contribution is 0.104. The maximum absolute atomic E-state index is 13.5. The minimum atomic E-state index is -0.00913. The molecule has 0 saturated heterocycles. The van der Waals surface area contributed by atoms with Gasteiger partial charge >= 0.3 is 0 Å². The summed E-state index contributed by atoms with van der Waals surface area (Å²) in [4.78, 5) is 26.9. The lowest BCUT2D eigenvalue weighted by atomic mass is 9.93. The summed E-state index contributed by atoms with van der Waals surface area (Å²) >= 11 is 0. The van der Waals surface area contributed by atoms with Crippen molar-refractivity contribution in [2.24, 2.45) is 0 Å². The highest BCUT2D eigenvalue weighted by Crippen LogP contribution is 2.27. The van der Waals surface area contributed by atoms with Crippen LogP contribution in [0.25, 0.3) is 34.4 Å². The summed E-state index contributed by atoms with van der Waals surface area (Å²) in [5.41, 5.74) is 8.42. The summed E-state index contributed by atoms with van der Waals surface area (Å²) in [7, 11) is 0. The zero-order chi connectivity index (χ0) is 30.1. The fraction of sp³-hybridized carbons (Fsp3) is 0. The molecule has 0 aromatic heterocycles. The Balaban J connectivity index is 1.27. The van der Waals surface area contributed by atoms with Gasteiger partial charge in [0.05, 0.1) is 0 Å². The second-order valence-corrected chi connectivity index (χ2v) is 10.5. The van der Waals surface area contributed by atoms with Crippen LogP contribution in [0.3, 0.4) is 0 Å². The topological polar surface area (TPSA) is 34.1 Å². The van der Waals surface area contributed by atoms with Gasteiger partial charge in [0.25, 0.3) is 0 Å². The van der Waals surface area contributed by atoms with Crippen LogP contribution in [-0.2, 0) is 0 Å². The molecule has 0 heterocycles. The summed E-state index contributed by atoms with van der Waals surface area (Å²) in [6, 6.07) is 54.8. The second-order valence-electron chi connectivity index (χ2n) is 10.5. The summed E-state index contributed by atoms with van der Waals surface area (Å²) < 4.78 is 0. The van der Waals surface area contributed by atoms with Crippen LogP contribution in [0.1, 0.15) is 43.0 Å². The van der Waals surface area contributed by atoms with Gasteiger partial charge in [0.2, 0.25) is 0 Å². The van der Waals surface area contributed by atoms with Crippen molar-refractivity contribution in [3.05, 3.63) is 203 Å². The van der Waals surface area contributed by atoms with Gasteiger partial charge in [0.1, 0.15) is 0 Å². The van der Waals surface area contributed by atoms with Gasteiger partial charge in [-0.15, -0.1) is 0 Å². The molecule has 6 aromatic carbocycles. The van der Waals surface area contributed by atoms with Gasteiger partial charge in [-0.3, -0.25) is 9.59 Å². The van der Waals surface area contributed by atoms with E-state index in [1.165, 1.54) is 0 Å². The summed E-state index contributed by atoms with van der Waals surface area (Å²) in [5, 5.41) is 0. The average molecular weight is 567 g/mol. The predicted octanol–water partition coefficient (Wildman–Crippen LogP) is 10.2. The largest absolute Gasteiger partial charge is 0.289 e. The number of hydrogen-bond donors (Lipinski definition) is 0. The van der Waals surface area contributed by atoms with Crippen molar-refractivity contribution in [1.29, 1.82) is 0 Å². The number of allylic oxidation sites excluding steroid dienone is 2. The van der Waals surface area contributed by atoms with Crippen LogP contribution in [0.15, 0.2) is 170 Å². The zero-order valence-corrected chi connectivity index (χ0v) is 24.1. The van der Waals surface area contributed by atoms with Crippen molar-refractivity contribution in [3.63, 3.8) is 0 Å². The van der Waals surface area contributed by atoms with Crippen LogP contribution >= 0.6 is 0 Å². The van der Waals surface area contributed by atoms with Gasteiger partial charge < -0.3 is 0 Å². The third-order valence-electron chi connectivity index (χ3n) is 7.51. The van der Waals surface area contributed by atoms with Crippen LogP contribution in [0.4, 0.5) is 0 Å². The average Bonchev–Trinajstić information content (AvgIpc) is 3.11. The Bertz CT molecular complexity index is 1770. The molecule has 2 heteroatoms.